The molecule has 0 aromatic heterocycles. The van der Waals surface area contributed by atoms with Gasteiger partial charge in [-0.15, -0.1) is 0 Å². The fraction of sp³-hybridized carbons (Fsp3) is 0.900. The van der Waals surface area contributed by atoms with E-state index in [-0.39, 0.29) is 13.1 Å². The predicted molar refractivity (Wildman–Crippen MR) is 55.6 cm³/mol. The number of amides is 1. The molecule has 1 aliphatic rings. The number of halogens is 3. The Hall–Kier alpha value is -0.980. The molecule has 2 N–H and O–H groups in total. The first-order chi connectivity index (χ1) is 7.59. The van der Waals surface area contributed by atoms with Gasteiger partial charge in [0.25, 0.3) is 0 Å². The Kier molecular flexibility index (Phi) is 3.91. The van der Waals surface area contributed by atoms with Crippen molar-refractivity contribution in [3.05, 3.63) is 0 Å². The van der Waals surface area contributed by atoms with Crippen LogP contribution in [0.2, 0.25) is 0 Å². The van der Waals surface area contributed by atoms with E-state index < -0.39 is 29.8 Å². The van der Waals surface area contributed by atoms with Gasteiger partial charge in [0.15, 0.2) is 0 Å². The van der Waals surface area contributed by atoms with Gasteiger partial charge in [0.1, 0.15) is 5.60 Å². The molecular formula is C10H17F3N2O2. The second kappa shape index (κ2) is 4.72. The van der Waals surface area contributed by atoms with Crippen LogP contribution in [0.1, 0.15) is 20.8 Å². The molecule has 0 aromatic rings. The Morgan fingerprint density at radius 3 is 2.35 bits per heavy atom. The van der Waals surface area contributed by atoms with Crippen molar-refractivity contribution < 1.29 is 22.7 Å². The quantitative estimate of drug-likeness (QED) is 0.748. The fourth-order valence-electron chi connectivity index (χ4n) is 1.63. The molecule has 1 saturated heterocycles. The van der Waals surface area contributed by atoms with Crippen LogP contribution in [-0.4, -0.2) is 37.0 Å². The Morgan fingerprint density at radius 1 is 1.29 bits per heavy atom. The Bertz CT molecular complexity index is 286. The van der Waals surface area contributed by atoms with Gasteiger partial charge < -0.3 is 15.4 Å². The van der Waals surface area contributed by atoms with E-state index in [9.17, 15) is 18.0 Å². The fourth-order valence-corrected chi connectivity index (χ4v) is 1.63. The lowest BCUT2D eigenvalue weighted by molar-refractivity contribution is -0.173. The molecule has 0 radical (unpaired) electrons. The van der Waals surface area contributed by atoms with Crippen LogP contribution in [-0.2, 0) is 4.74 Å². The molecule has 1 rings (SSSR count). The van der Waals surface area contributed by atoms with Gasteiger partial charge in [-0.3, -0.25) is 0 Å². The van der Waals surface area contributed by atoms with Crippen molar-refractivity contribution in [1.29, 1.82) is 0 Å². The van der Waals surface area contributed by atoms with E-state index in [1.54, 1.807) is 20.8 Å². The predicted octanol–water partition coefficient (Wildman–Crippen LogP) is 1.66. The van der Waals surface area contributed by atoms with Crippen LogP contribution in [0.5, 0.6) is 0 Å². The Balaban J connectivity index is 2.54. The SMILES string of the molecule is CC(C)(C)OC(=O)NC1CNCC1C(F)(F)F. The average molecular weight is 254 g/mol. The van der Waals surface area contributed by atoms with Crippen LogP contribution in [0.4, 0.5) is 18.0 Å². The highest BCUT2D eigenvalue weighted by Crippen LogP contribution is 2.30. The van der Waals surface area contributed by atoms with Crippen LogP contribution >= 0.6 is 0 Å². The van der Waals surface area contributed by atoms with Gasteiger partial charge in [-0.2, -0.15) is 13.2 Å². The molecule has 0 aliphatic carbocycles. The van der Waals surface area contributed by atoms with Crippen LogP contribution in [0.3, 0.4) is 0 Å². The highest BCUT2D eigenvalue weighted by molar-refractivity contribution is 5.68. The average Bonchev–Trinajstić information content (AvgIpc) is 2.46. The summed E-state index contributed by atoms with van der Waals surface area (Å²) in [6.45, 7) is 4.88. The van der Waals surface area contributed by atoms with E-state index in [0.717, 1.165) is 0 Å². The van der Waals surface area contributed by atoms with E-state index in [1.807, 2.05) is 0 Å². The summed E-state index contributed by atoms with van der Waals surface area (Å²) in [5.41, 5.74) is -0.718. The molecule has 1 amide bonds. The van der Waals surface area contributed by atoms with Gasteiger partial charge in [0.05, 0.1) is 12.0 Å². The minimum Gasteiger partial charge on any atom is -0.444 e. The Labute approximate surface area is 97.9 Å². The molecule has 4 nitrogen and oxygen atoms in total. The van der Waals surface area contributed by atoms with Gasteiger partial charge in [0, 0.05) is 13.1 Å². The molecule has 1 heterocycles. The molecule has 7 heteroatoms. The third kappa shape index (κ3) is 4.41. The number of alkyl halides is 3. The van der Waals surface area contributed by atoms with Crippen molar-refractivity contribution in [2.24, 2.45) is 5.92 Å². The van der Waals surface area contributed by atoms with Crippen LogP contribution < -0.4 is 10.6 Å². The standard InChI is InChI=1S/C10H17F3N2O2/c1-9(2,3)17-8(16)15-7-5-14-4-6(7)10(11,12)13/h6-7,14H,4-5H2,1-3H3,(H,15,16). The minimum atomic E-state index is -4.32. The van der Waals surface area contributed by atoms with Crippen LogP contribution in [0, 0.1) is 5.92 Å². The number of carbonyl (C=O) groups is 1. The van der Waals surface area contributed by atoms with Crippen molar-refractivity contribution >= 4 is 6.09 Å². The zero-order chi connectivity index (χ0) is 13.3. The Morgan fingerprint density at radius 2 is 1.88 bits per heavy atom. The maximum absolute atomic E-state index is 12.6. The maximum Gasteiger partial charge on any atom is 0.407 e. The number of carbonyl (C=O) groups excluding carboxylic acids is 1. The number of nitrogens with one attached hydrogen (secondary N) is 2. The lowest BCUT2D eigenvalue weighted by atomic mass is 10.0. The van der Waals surface area contributed by atoms with Crippen LogP contribution in [0.25, 0.3) is 0 Å². The van der Waals surface area contributed by atoms with Gasteiger partial charge >= 0.3 is 12.3 Å². The number of alkyl carbamates (subject to hydrolysis) is 1. The molecule has 1 aliphatic heterocycles. The number of hydrogen-bond donors (Lipinski definition) is 2. The monoisotopic (exact) mass is 254 g/mol. The minimum absolute atomic E-state index is 0.101. The van der Waals surface area contributed by atoms with Gasteiger partial charge in [-0.05, 0) is 20.8 Å². The normalized spacial score (nSPS) is 25.8. The highest BCUT2D eigenvalue weighted by Gasteiger charge is 2.47. The van der Waals surface area contributed by atoms with Gasteiger partial charge in [0.2, 0.25) is 0 Å². The molecule has 17 heavy (non-hydrogen) atoms. The molecule has 2 unspecified atom stereocenters. The van der Waals surface area contributed by atoms with Crippen molar-refractivity contribution in [1.82, 2.24) is 10.6 Å². The summed E-state index contributed by atoms with van der Waals surface area (Å²) in [5, 5.41) is 4.86. The summed E-state index contributed by atoms with van der Waals surface area (Å²) in [6, 6.07) is -0.968. The number of hydrogen-bond acceptors (Lipinski definition) is 3. The lowest BCUT2D eigenvalue weighted by Crippen LogP contribution is -2.47. The highest BCUT2D eigenvalue weighted by atomic mass is 19.4. The first-order valence-corrected chi connectivity index (χ1v) is 5.36. The largest absolute Gasteiger partial charge is 0.444 e. The molecule has 0 aromatic carbocycles. The first kappa shape index (κ1) is 14.1. The number of ether oxygens (including phenoxy) is 1. The summed E-state index contributed by atoms with van der Waals surface area (Å²) in [6.07, 6.45) is -5.14. The van der Waals surface area contributed by atoms with Gasteiger partial charge in [-0.1, -0.05) is 0 Å². The molecule has 1 fully saturated rings. The van der Waals surface area contributed by atoms with Crippen molar-refractivity contribution in [3.63, 3.8) is 0 Å². The van der Waals surface area contributed by atoms with E-state index in [4.69, 9.17) is 4.74 Å². The first-order valence-electron chi connectivity index (χ1n) is 5.36. The zero-order valence-electron chi connectivity index (χ0n) is 10.0. The molecule has 0 spiro atoms. The molecular weight excluding hydrogens is 237 g/mol. The van der Waals surface area contributed by atoms with E-state index in [2.05, 4.69) is 10.6 Å². The van der Waals surface area contributed by atoms with Crippen molar-refractivity contribution in [2.45, 2.75) is 38.6 Å². The van der Waals surface area contributed by atoms with E-state index >= 15 is 0 Å². The van der Waals surface area contributed by atoms with E-state index in [0.29, 0.717) is 0 Å². The molecule has 0 bridgehead atoms. The molecule has 2 atom stereocenters. The molecule has 0 saturated carbocycles. The van der Waals surface area contributed by atoms with Gasteiger partial charge in [-0.25, -0.2) is 4.79 Å². The third-order valence-corrected chi connectivity index (χ3v) is 2.34. The summed E-state index contributed by atoms with van der Waals surface area (Å²) in [5.74, 6) is -1.56. The lowest BCUT2D eigenvalue weighted by Gasteiger charge is -2.25. The summed E-state index contributed by atoms with van der Waals surface area (Å²) < 4.78 is 42.6. The third-order valence-electron chi connectivity index (χ3n) is 2.34. The number of rotatable bonds is 1. The van der Waals surface area contributed by atoms with Crippen molar-refractivity contribution in [3.8, 4) is 0 Å². The van der Waals surface area contributed by atoms with Crippen LogP contribution in [0.15, 0.2) is 0 Å². The summed E-state index contributed by atoms with van der Waals surface area (Å²) >= 11 is 0. The molecule has 100 valence electrons. The van der Waals surface area contributed by atoms with Crippen molar-refractivity contribution in [2.75, 3.05) is 13.1 Å². The van der Waals surface area contributed by atoms with E-state index in [1.165, 1.54) is 0 Å². The second-order valence-electron chi connectivity index (χ2n) is 5.06. The zero-order valence-corrected chi connectivity index (χ0v) is 10.0. The summed E-state index contributed by atoms with van der Waals surface area (Å²) in [4.78, 5) is 11.4. The smallest absolute Gasteiger partial charge is 0.407 e. The maximum atomic E-state index is 12.6. The topological polar surface area (TPSA) is 50.4 Å². The summed E-state index contributed by atoms with van der Waals surface area (Å²) in [7, 11) is 0. The second-order valence-corrected chi connectivity index (χ2v) is 5.06.